The molecule has 0 aromatic carbocycles. The molecule has 1 aromatic rings. The van der Waals surface area contributed by atoms with Gasteiger partial charge in [-0.15, -0.1) is 0 Å². The lowest BCUT2D eigenvalue weighted by Gasteiger charge is -2.15. The Morgan fingerprint density at radius 3 is 2.94 bits per heavy atom. The third-order valence-corrected chi connectivity index (χ3v) is 2.12. The summed E-state index contributed by atoms with van der Waals surface area (Å²) >= 11 is 0. The van der Waals surface area contributed by atoms with E-state index in [0.717, 1.165) is 0 Å². The van der Waals surface area contributed by atoms with E-state index >= 15 is 0 Å². The molecular formula is C10H13BN2O3. The molecule has 5 nitrogen and oxygen atoms in total. The van der Waals surface area contributed by atoms with Crippen molar-refractivity contribution < 1.29 is 14.6 Å². The third kappa shape index (κ3) is 2.73. The first-order valence-electron chi connectivity index (χ1n) is 4.76. The molecular weight excluding hydrogens is 207 g/mol. The van der Waals surface area contributed by atoms with Gasteiger partial charge in [0.05, 0.1) is 13.7 Å². The molecule has 0 fully saturated rings. The van der Waals surface area contributed by atoms with Crippen LogP contribution in [0.2, 0.25) is 0 Å². The number of likely N-dealkylation sites (N-methyl/N-ethyl adjacent to an activating group) is 1. The van der Waals surface area contributed by atoms with Crippen LogP contribution in [-0.4, -0.2) is 56.1 Å². The summed E-state index contributed by atoms with van der Waals surface area (Å²) in [4.78, 5) is 17.1. The number of nitrogens with zero attached hydrogens (tertiary/aromatic N) is 2. The van der Waals surface area contributed by atoms with E-state index in [1.807, 2.05) is 0 Å². The van der Waals surface area contributed by atoms with Gasteiger partial charge in [0, 0.05) is 25.9 Å². The maximum absolute atomic E-state index is 11.8. The highest BCUT2D eigenvalue weighted by atomic mass is 16.5. The quantitative estimate of drug-likeness (QED) is 0.657. The summed E-state index contributed by atoms with van der Waals surface area (Å²) < 4.78 is 4.99. The van der Waals surface area contributed by atoms with Crippen LogP contribution in [0.25, 0.3) is 0 Å². The smallest absolute Gasteiger partial charge is 0.272 e. The van der Waals surface area contributed by atoms with Crippen molar-refractivity contribution in [1.29, 1.82) is 0 Å². The van der Waals surface area contributed by atoms with E-state index in [2.05, 4.69) is 4.98 Å². The third-order valence-electron chi connectivity index (χ3n) is 2.12. The molecule has 1 amide bonds. The molecule has 1 rings (SSSR count). The molecule has 1 heterocycles. The summed E-state index contributed by atoms with van der Waals surface area (Å²) in [5, 5.41) is 8.72. The van der Waals surface area contributed by atoms with Crippen molar-refractivity contribution in [2.24, 2.45) is 0 Å². The SMILES string of the molecule is [B]c1cnc(C(=O)N(C)CCO)cc1OC. The van der Waals surface area contributed by atoms with E-state index in [9.17, 15) is 4.79 Å². The van der Waals surface area contributed by atoms with Gasteiger partial charge in [-0.3, -0.25) is 9.78 Å². The average Bonchev–Trinajstić information content (AvgIpc) is 2.29. The van der Waals surface area contributed by atoms with Gasteiger partial charge in [0.1, 0.15) is 19.3 Å². The first-order valence-corrected chi connectivity index (χ1v) is 4.76. The highest BCUT2D eigenvalue weighted by Crippen LogP contribution is 2.08. The van der Waals surface area contributed by atoms with Gasteiger partial charge < -0.3 is 14.7 Å². The Morgan fingerprint density at radius 2 is 2.38 bits per heavy atom. The fraction of sp³-hybridized carbons (Fsp3) is 0.400. The molecule has 0 saturated heterocycles. The lowest BCUT2D eigenvalue weighted by atomic mass is 9.97. The molecule has 2 radical (unpaired) electrons. The molecule has 0 atom stereocenters. The van der Waals surface area contributed by atoms with Crippen LogP contribution in [0.5, 0.6) is 5.75 Å². The first-order chi connectivity index (χ1) is 7.60. The summed E-state index contributed by atoms with van der Waals surface area (Å²) in [5.41, 5.74) is 0.617. The summed E-state index contributed by atoms with van der Waals surface area (Å²) in [7, 11) is 8.64. The standard InChI is InChI=1S/C10H13BN2O3/c1-13(3-4-14)10(15)8-5-9(16-2)7(11)6-12-8/h5-6,14H,3-4H2,1-2H3. The van der Waals surface area contributed by atoms with E-state index in [1.54, 1.807) is 7.05 Å². The zero-order valence-corrected chi connectivity index (χ0v) is 9.30. The number of hydrogen-bond acceptors (Lipinski definition) is 4. The summed E-state index contributed by atoms with van der Waals surface area (Å²) in [6, 6.07) is 1.48. The number of carbonyl (C=O) groups excluding carboxylic acids is 1. The van der Waals surface area contributed by atoms with Crippen molar-refractivity contribution in [2.75, 3.05) is 27.3 Å². The normalized spacial score (nSPS) is 9.94. The zero-order chi connectivity index (χ0) is 12.1. The number of hydrogen-bond donors (Lipinski definition) is 1. The van der Waals surface area contributed by atoms with Gasteiger partial charge in [0.2, 0.25) is 0 Å². The fourth-order valence-corrected chi connectivity index (χ4v) is 1.19. The van der Waals surface area contributed by atoms with Crippen LogP contribution >= 0.6 is 0 Å². The van der Waals surface area contributed by atoms with Crippen molar-refractivity contribution in [2.45, 2.75) is 0 Å². The lowest BCUT2D eigenvalue weighted by molar-refractivity contribution is 0.0761. The Morgan fingerprint density at radius 1 is 1.69 bits per heavy atom. The molecule has 6 heteroatoms. The predicted molar refractivity (Wildman–Crippen MR) is 60.2 cm³/mol. The van der Waals surface area contributed by atoms with Gasteiger partial charge in [0.15, 0.2) is 0 Å². The monoisotopic (exact) mass is 220 g/mol. The van der Waals surface area contributed by atoms with E-state index in [4.69, 9.17) is 17.7 Å². The van der Waals surface area contributed by atoms with E-state index in [1.165, 1.54) is 24.3 Å². The number of ether oxygens (including phenoxy) is 1. The van der Waals surface area contributed by atoms with E-state index in [0.29, 0.717) is 11.2 Å². The van der Waals surface area contributed by atoms with Crippen molar-refractivity contribution in [3.63, 3.8) is 0 Å². The fourth-order valence-electron chi connectivity index (χ4n) is 1.19. The minimum Gasteiger partial charge on any atom is -0.497 e. The molecule has 0 aliphatic rings. The van der Waals surface area contributed by atoms with Gasteiger partial charge in [-0.25, -0.2) is 0 Å². The van der Waals surface area contributed by atoms with Gasteiger partial charge in [-0.05, 0) is 5.46 Å². The van der Waals surface area contributed by atoms with Crippen molar-refractivity contribution >= 4 is 19.2 Å². The Balaban J connectivity index is 2.92. The van der Waals surface area contributed by atoms with Crippen LogP contribution < -0.4 is 10.2 Å². The first kappa shape index (κ1) is 12.5. The van der Waals surface area contributed by atoms with Gasteiger partial charge >= 0.3 is 0 Å². The number of aliphatic hydroxyl groups is 1. The number of rotatable bonds is 4. The minimum absolute atomic E-state index is 0.0889. The van der Waals surface area contributed by atoms with Crippen molar-refractivity contribution in [3.8, 4) is 5.75 Å². The minimum atomic E-state index is -0.285. The summed E-state index contributed by atoms with van der Waals surface area (Å²) in [5.74, 6) is 0.128. The van der Waals surface area contributed by atoms with Crippen LogP contribution in [-0.2, 0) is 0 Å². The predicted octanol–water partition coefficient (Wildman–Crippen LogP) is -1.05. The van der Waals surface area contributed by atoms with E-state index in [-0.39, 0.29) is 24.8 Å². The van der Waals surface area contributed by atoms with Crippen LogP contribution in [0.4, 0.5) is 0 Å². The average molecular weight is 220 g/mol. The highest BCUT2D eigenvalue weighted by molar-refractivity contribution is 6.34. The van der Waals surface area contributed by atoms with Gasteiger partial charge in [-0.2, -0.15) is 0 Å². The van der Waals surface area contributed by atoms with Crippen LogP contribution in [0.3, 0.4) is 0 Å². The topological polar surface area (TPSA) is 62.7 Å². The maximum Gasteiger partial charge on any atom is 0.272 e. The molecule has 0 bridgehead atoms. The Labute approximate surface area is 95.5 Å². The molecule has 1 aromatic heterocycles. The number of amides is 1. The van der Waals surface area contributed by atoms with Crippen LogP contribution in [0.15, 0.2) is 12.3 Å². The van der Waals surface area contributed by atoms with Crippen molar-refractivity contribution in [3.05, 3.63) is 18.0 Å². The Kier molecular flexibility index (Phi) is 4.31. The molecule has 0 spiro atoms. The molecule has 0 unspecified atom stereocenters. The summed E-state index contributed by atoms with van der Waals surface area (Å²) in [6.45, 7) is 0.168. The second-order valence-corrected chi connectivity index (χ2v) is 3.26. The van der Waals surface area contributed by atoms with Gasteiger partial charge in [0.25, 0.3) is 5.91 Å². The number of aromatic nitrogens is 1. The number of methoxy groups -OCH3 is 1. The van der Waals surface area contributed by atoms with Crippen LogP contribution in [0.1, 0.15) is 10.5 Å². The van der Waals surface area contributed by atoms with E-state index < -0.39 is 0 Å². The molecule has 84 valence electrons. The summed E-state index contributed by atoms with van der Waals surface area (Å²) in [6.07, 6.45) is 1.37. The molecule has 16 heavy (non-hydrogen) atoms. The maximum atomic E-state index is 11.8. The molecule has 0 aliphatic heterocycles. The second kappa shape index (κ2) is 5.51. The number of carbonyl (C=O) groups is 1. The molecule has 0 saturated carbocycles. The lowest BCUT2D eigenvalue weighted by Crippen LogP contribution is -2.30. The highest BCUT2D eigenvalue weighted by Gasteiger charge is 2.14. The Bertz CT molecular complexity index is 384. The van der Waals surface area contributed by atoms with Crippen molar-refractivity contribution in [1.82, 2.24) is 9.88 Å². The number of pyridine rings is 1. The van der Waals surface area contributed by atoms with Crippen LogP contribution in [0, 0.1) is 0 Å². The zero-order valence-electron chi connectivity index (χ0n) is 9.30. The number of aliphatic hydroxyl groups excluding tert-OH is 1. The van der Waals surface area contributed by atoms with Gasteiger partial charge in [-0.1, -0.05) is 0 Å². The Hall–Kier alpha value is -1.56. The molecule has 1 N–H and O–H groups in total. The largest absolute Gasteiger partial charge is 0.497 e. The molecule has 0 aliphatic carbocycles. The second-order valence-electron chi connectivity index (χ2n) is 3.26.